The van der Waals surface area contributed by atoms with Crippen molar-refractivity contribution in [2.24, 2.45) is 0 Å². The van der Waals surface area contributed by atoms with Gasteiger partial charge >= 0.3 is 6.18 Å². The maximum Gasteiger partial charge on any atom is 0.431 e. The molecule has 3 nitrogen and oxygen atoms in total. The van der Waals surface area contributed by atoms with Crippen molar-refractivity contribution >= 4 is 16.6 Å². The second-order valence-electron chi connectivity index (χ2n) is 5.25. The summed E-state index contributed by atoms with van der Waals surface area (Å²) in [5, 5.41) is 10.2. The average Bonchev–Trinajstić information content (AvgIpc) is 2.93. The Balaban J connectivity index is 2.32. The Hall–Kier alpha value is -2.94. The van der Waals surface area contributed by atoms with Gasteiger partial charge < -0.3 is 10.1 Å². The van der Waals surface area contributed by atoms with Gasteiger partial charge in [-0.2, -0.15) is 13.2 Å². The minimum Gasteiger partial charge on any atom is -0.508 e. The fraction of sp³-hybridized carbons (Fsp3) is 0.118. The molecule has 3 aromatic rings. The normalized spacial score (nSPS) is 11.6. The van der Waals surface area contributed by atoms with Crippen LogP contribution in [-0.2, 0) is 6.18 Å². The minimum absolute atomic E-state index is 0.0513. The number of alkyl halides is 3. The number of aryl methyl sites for hydroxylation is 1. The smallest absolute Gasteiger partial charge is 0.431 e. The molecule has 0 aliphatic carbocycles. The fourth-order valence-electron chi connectivity index (χ4n) is 2.46. The summed E-state index contributed by atoms with van der Waals surface area (Å²) in [6.45, 7) is 8.85. The highest BCUT2D eigenvalue weighted by atomic mass is 19.4. The largest absolute Gasteiger partial charge is 0.508 e. The molecule has 0 aliphatic rings. The number of aromatic hydroxyl groups is 1. The number of rotatable bonds is 1. The third-order valence-corrected chi connectivity index (χ3v) is 3.68. The monoisotopic (exact) mass is 316 g/mol. The van der Waals surface area contributed by atoms with Crippen LogP contribution in [0.25, 0.3) is 26.9 Å². The zero-order chi connectivity index (χ0) is 16.8. The number of benzene rings is 2. The van der Waals surface area contributed by atoms with E-state index in [-0.39, 0.29) is 17.0 Å². The third-order valence-electron chi connectivity index (χ3n) is 3.68. The van der Waals surface area contributed by atoms with Crippen molar-refractivity contribution in [2.75, 3.05) is 0 Å². The first-order chi connectivity index (χ1) is 10.8. The summed E-state index contributed by atoms with van der Waals surface area (Å²) in [5.41, 5.74) is 1.28. The number of hydrogen-bond donors (Lipinski definition) is 2. The lowest BCUT2D eigenvalue weighted by Crippen LogP contribution is -2.04. The molecule has 0 spiro atoms. The molecule has 0 radical (unpaired) electrons. The van der Waals surface area contributed by atoms with Gasteiger partial charge in [0.25, 0.3) is 0 Å². The lowest BCUT2D eigenvalue weighted by molar-refractivity contribution is -0.140. The van der Waals surface area contributed by atoms with Crippen LogP contribution in [0.5, 0.6) is 5.75 Å². The van der Waals surface area contributed by atoms with E-state index >= 15 is 0 Å². The zero-order valence-electron chi connectivity index (χ0n) is 12.0. The molecule has 116 valence electrons. The van der Waals surface area contributed by atoms with Gasteiger partial charge in [0.1, 0.15) is 11.4 Å². The number of H-pyrrole nitrogens is 1. The number of halogens is 3. The van der Waals surface area contributed by atoms with Gasteiger partial charge in [-0.25, -0.2) is 4.85 Å². The summed E-state index contributed by atoms with van der Waals surface area (Å²) >= 11 is 0. The molecule has 6 heteroatoms. The van der Waals surface area contributed by atoms with E-state index in [0.29, 0.717) is 22.1 Å². The summed E-state index contributed by atoms with van der Waals surface area (Å²) in [5.74, 6) is 0.0513. The first-order valence-electron chi connectivity index (χ1n) is 6.71. The number of nitrogens with zero attached hydrogens (tertiary/aromatic N) is 1. The number of nitrogens with one attached hydrogen (secondary N) is 1. The molecular formula is C17H11F3N2O. The Labute approximate surface area is 129 Å². The molecule has 0 amide bonds. The standard InChI is InChI=1S/C17H11F3N2O/c1-9-3-4-10(5-15(9)23)12-6-11(21-2)7-14-13(12)8-16(22-14)17(18,19)20/h3-8,22-23H,1H3. The maximum atomic E-state index is 12.9. The Morgan fingerprint density at radius 1 is 1.13 bits per heavy atom. The van der Waals surface area contributed by atoms with E-state index in [9.17, 15) is 18.3 Å². The van der Waals surface area contributed by atoms with Crippen molar-refractivity contribution in [3.63, 3.8) is 0 Å². The van der Waals surface area contributed by atoms with Gasteiger partial charge in [0, 0.05) is 10.9 Å². The van der Waals surface area contributed by atoms with E-state index in [1.54, 1.807) is 19.1 Å². The molecule has 0 aliphatic heterocycles. The number of hydrogen-bond acceptors (Lipinski definition) is 1. The molecule has 0 bridgehead atoms. The fourth-order valence-corrected chi connectivity index (χ4v) is 2.46. The summed E-state index contributed by atoms with van der Waals surface area (Å²) in [7, 11) is 0. The highest BCUT2D eigenvalue weighted by molar-refractivity contribution is 5.98. The summed E-state index contributed by atoms with van der Waals surface area (Å²) < 4.78 is 38.8. The highest BCUT2D eigenvalue weighted by Crippen LogP contribution is 2.38. The topological polar surface area (TPSA) is 40.4 Å². The molecule has 23 heavy (non-hydrogen) atoms. The van der Waals surface area contributed by atoms with Crippen molar-refractivity contribution in [3.05, 3.63) is 59.1 Å². The lowest BCUT2D eigenvalue weighted by atomic mass is 9.99. The van der Waals surface area contributed by atoms with E-state index in [1.807, 2.05) is 0 Å². The number of aromatic amines is 1. The predicted molar refractivity (Wildman–Crippen MR) is 81.4 cm³/mol. The second kappa shape index (κ2) is 5.06. The molecular weight excluding hydrogens is 305 g/mol. The van der Waals surface area contributed by atoms with Crippen molar-refractivity contribution in [1.82, 2.24) is 4.98 Å². The zero-order valence-corrected chi connectivity index (χ0v) is 12.0. The Kier molecular flexibility index (Phi) is 3.29. The first-order valence-corrected chi connectivity index (χ1v) is 6.71. The molecule has 1 heterocycles. The molecule has 2 aromatic carbocycles. The third kappa shape index (κ3) is 2.61. The number of phenols is 1. The molecule has 0 saturated carbocycles. The van der Waals surface area contributed by atoms with E-state index in [1.165, 1.54) is 18.2 Å². The van der Waals surface area contributed by atoms with E-state index in [4.69, 9.17) is 6.57 Å². The van der Waals surface area contributed by atoms with Gasteiger partial charge in [0.15, 0.2) is 5.69 Å². The van der Waals surface area contributed by atoms with E-state index in [2.05, 4.69) is 9.83 Å². The Bertz CT molecular complexity index is 949. The first kappa shape index (κ1) is 15.0. The van der Waals surface area contributed by atoms with Crippen LogP contribution in [-0.4, -0.2) is 10.1 Å². The summed E-state index contributed by atoms with van der Waals surface area (Å²) in [6, 6.07) is 8.80. The molecule has 0 fully saturated rings. The van der Waals surface area contributed by atoms with E-state index in [0.717, 1.165) is 6.07 Å². The summed E-state index contributed by atoms with van der Waals surface area (Å²) in [6.07, 6.45) is -4.50. The Morgan fingerprint density at radius 3 is 2.48 bits per heavy atom. The van der Waals surface area contributed by atoms with Crippen molar-refractivity contribution in [1.29, 1.82) is 0 Å². The van der Waals surface area contributed by atoms with E-state index < -0.39 is 11.9 Å². The van der Waals surface area contributed by atoms with Crippen LogP contribution < -0.4 is 0 Å². The molecule has 1 aromatic heterocycles. The molecule has 0 unspecified atom stereocenters. The van der Waals surface area contributed by atoms with Crippen molar-refractivity contribution in [2.45, 2.75) is 13.1 Å². The second-order valence-corrected chi connectivity index (χ2v) is 5.25. The van der Waals surface area contributed by atoms with Crippen LogP contribution in [0.2, 0.25) is 0 Å². The van der Waals surface area contributed by atoms with Crippen LogP contribution in [0.15, 0.2) is 36.4 Å². The SMILES string of the molecule is [C-]#[N+]c1cc(-c2ccc(C)c(O)c2)c2cc(C(F)(F)F)[nH]c2c1. The number of fused-ring (bicyclic) bond motifs is 1. The maximum absolute atomic E-state index is 12.9. The predicted octanol–water partition coefficient (Wildman–Crippen LogP) is 5.42. The molecule has 0 atom stereocenters. The summed E-state index contributed by atoms with van der Waals surface area (Å²) in [4.78, 5) is 5.62. The lowest BCUT2D eigenvalue weighted by Gasteiger charge is -2.07. The average molecular weight is 316 g/mol. The Morgan fingerprint density at radius 2 is 1.87 bits per heavy atom. The van der Waals surface area contributed by atoms with Crippen LogP contribution in [0, 0.1) is 13.5 Å². The van der Waals surface area contributed by atoms with Gasteiger partial charge in [-0.05, 0) is 47.9 Å². The van der Waals surface area contributed by atoms with Gasteiger partial charge in [-0.15, -0.1) is 0 Å². The van der Waals surface area contributed by atoms with Gasteiger partial charge in [0.05, 0.1) is 6.57 Å². The quantitative estimate of drug-likeness (QED) is 0.578. The number of phenolic OH excluding ortho intramolecular Hbond substituents is 1. The van der Waals surface area contributed by atoms with Crippen molar-refractivity contribution in [3.8, 4) is 16.9 Å². The molecule has 2 N–H and O–H groups in total. The highest BCUT2D eigenvalue weighted by Gasteiger charge is 2.33. The van der Waals surface area contributed by atoms with Gasteiger partial charge in [-0.3, -0.25) is 0 Å². The minimum atomic E-state index is -4.50. The van der Waals surface area contributed by atoms with Gasteiger partial charge in [-0.1, -0.05) is 12.1 Å². The van der Waals surface area contributed by atoms with Crippen LogP contribution in [0.1, 0.15) is 11.3 Å². The molecule has 3 rings (SSSR count). The van der Waals surface area contributed by atoms with Crippen LogP contribution in [0.4, 0.5) is 18.9 Å². The van der Waals surface area contributed by atoms with Crippen LogP contribution in [0.3, 0.4) is 0 Å². The van der Waals surface area contributed by atoms with Crippen molar-refractivity contribution < 1.29 is 18.3 Å². The number of aromatic nitrogens is 1. The van der Waals surface area contributed by atoms with Gasteiger partial charge in [0.2, 0.25) is 0 Å². The van der Waals surface area contributed by atoms with Crippen LogP contribution >= 0.6 is 0 Å². The molecule has 0 saturated heterocycles.